The summed E-state index contributed by atoms with van der Waals surface area (Å²) in [5.41, 5.74) is 1.16. The third kappa shape index (κ3) is 5.84. The second-order valence-corrected chi connectivity index (χ2v) is 7.49. The van der Waals surface area contributed by atoms with Gasteiger partial charge in [-0.1, -0.05) is 6.07 Å². The van der Waals surface area contributed by atoms with Crippen LogP contribution in [0.1, 0.15) is 38.2 Å². The zero-order chi connectivity index (χ0) is 19.1. The first-order valence-electron chi connectivity index (χ1n) is 10.2. The standard InChI is InChI=1S/C21H32N2O4/c1-2-27-20-15-18(3-5-19(20)24)16-22-9-7-17(8-10-22)4-6-21(25)23-11-13-26-14-12-23/h3,5,15,17,24H,2,4,6-14,16H2,1H3. The Morgan fingerprint density at radius 1 is 1.22 bits per heavy atom. The molecule has 27 heavy (non-hydrogen) atoms. The minimum absolute atomic E-state index is 0.198. The summed E-state index contributed by atoms with van der Waals surface area (Å²) in [5.74, 6) is 1.69. The largest absolute Gasteiger partial charge is 0.504 e. The predicted octanol–water partition coefficient (Wildman–Crippen LogP) is 2.64. The molecular formula is C21H32N2O4. The van der Waals surface area contributed by atoms with Crippen LogP contribution in [-0.4, -0.2) is 66.8 Å². The van der Waals surface area contributed by atoms with E-state index in [2.05, 4.69) is 4.90 Å². The first-order valence-corrected chi connectivity index (χ1v) is 10.2. The minimum atomic E-state index is 0.198. The molecule has 2 aliphatic heterocycles. The lowest BCUT2D eigenvalue weighted by atomic mass is 9.91. The maximum Gasteiger partial charge on any atom is 0.222 e. The summed E-state index contributed by atoms with van der Waals surface area (Å²) in [6.07, 6.45) is 3.96. The van der Waals surface area contributed by atoms with Gasteiger partial charge in [0.25, 0.3) is 0 Å². The van der Waals surface area contributed by atoms with Crippen LogP contribution in [0.4, 0.5) is 0 Å². The van der Waals surface area contributed by atoms with Gasteiger partial charge in [-0.2, -0.15) is 0 Å². The first-order chi connectivity index (χ1) is 13.2. The van der Waals surface area contributed by atoms with Crippen LogP contribution in [0.25, 0.3) is 0 Å². The van der Waals surface area contributed by atoms with Gasteiger partial charge in [-0.15, -0.1) is 0 Å². The highest BCUT2D eigenvalue weighted by Gasteiger charge is 2.22. The van der Waals surface area contributed by atoms with Gasteiger partial charge in [-0.3, -0.25) is 9.69 Å². The van der Waals surface area contributed by atoms with Crippen molar-refractivity contribution in [3.05, 3.63) is 23.8 Å². The number of morpholine rings is 1. The van der Waals surface area contributed by atoms with Crippen molar-refractivity contribution in [3.63, 3.8) is 0 Å². The third-order valence-corrected chi connectivity index (χ3v) is 5.57. The van der Waals surface area contributed by atoms with Crippen molar-refractivity contribution < 1.29 is 19.4 Å². The van der Waals surface area contributed by atoms with Crippen LogP contribution in [0.5, 0.6) is 11.5 Å². The first kappa shape index (κ1) is 20.0. The molecule has 0 unspecified atom stereocenters. The number of hydrogen-bond acceptors (Lipinski definition) is 5. The number of carbonyl (C=O) groups is 1. The molecule has 1 aromatic carbocycles. The number of carbonyl (C=O) groups excluding carboxylic acids is 1. The van der Waals surface area contributed by atoms with Crippen LogP contribution < -0.4 is 4.74 Å². The predicted molar refractivity (Wildman–Crippen MR) is 104 cm³/mol. The molecule has 0 aliphatic carbocycles. The van der Waals surface area contributed by atoms with Crippen molar-refractivity contribution in [2.75, 3.05) is 46.0 Å². The van der Waals surface area contributed by atoms with E-state index in [4.69, 9.17) is 9.47 Å². The third-order valence-electron chi connectivity index (χ3n) is 5.57. The van der Waals surface area contributed by atoms with E-state index in [-0.39, 0.29) is 11.7 Å². The van der Waals surface area contributed by atoms with Crippen molar-refractivity contribution in [2.24, 2.45) is 5.92 Å². The summed E-state index contributed by atoms with van der Waals surface area (Å²) >= 11 is 0. The van der Waals surface area contributed by atoms with E-state index in [9.17, 15) is 9.90 Å². The van der Waals surface area contributed by atoms with E-state index < -0.39 is 0 Å². The van der Waals surface area contributed by atoms with Gasteiger partial charge in [-0.05, 0) is 62.9 Å². The van der Waals surface area contributed by atoms with Gasteiger partial charge in [0, 0.05) is 26.1 Å². The molecule has 150 valence electrons. The zero-order valence-corrected chi connectivity index (χ0v) is 16.4. The van der Waals surface area contributed by atoms with Crippen LogP contribution in [0.15, 0.2) is 18.2 Å². The highest BCUT2D eigenvalue weighted by Crippen LogP contribution is 2.29. The van der Waals surface area contributed by atoms with Crippen LogP contribution in [0, 0.1) is 5.92 Å². The molecule has 2 saturated heterocycles. The van der Waals surface area contributed by atoms with E-state index in [1.807, 2.05) is 24.0 Å². The highest BCUT2D eigenvalue weighted by molar-refractivity contribution is 5.76. The summed E-state index contributed by atoms with van der Waals surface area (Å²) in [6, 6.07) is 5.61. The molecule has 1 N–H and O–H groups in total. The summed E-state index contributed by atoms with van der Waals surface area (Å²) in [4.78, 5) is 16.7. The molecule has 0 radical (unpaired) electrons. The molecule has 2 aliphatic rings. The molecule has 0 aromatic heterocycles. The van der Waals surface area contributed by atoms with E-state index in [0.717, 1.165) is 57.5 Å². The molecule has 1 amide bonds. The second-order valence-electron chi connectivity index (χ2n) is 7.49. The van der Waals surface area contributed by atoms with Gasteiger partial charge >= 0.3 is 0 Å². The number of hydrogen-bond donors (Lipinski definition) is 1. The van der Waals surface area contributed by atoms with Crippen LogP contribution in [0.2, 0.25) is 0 Å². The van der Waals surface area contributed by atoms with Crippen LogP contribution >= 0.6 is 0 Å². The van der Waals surface area contributed by atoms with Crippen LogP contribution in [0.3, 0.4) is 0 Å². The number of rotatable bonds is 7. The molecule has 2 heterocycles. The Kier molecular flexibility index (Phi) is 7.35. The quantitative estimate of drug-likeness (QED) is 0.793. The SMILES string of the molecule is CCOc1cc(CN2CCC(CCC(=O)N3CCOCC3)CC2)ccc1O. The number of piperidine rings is 1. The van der Waals surface area contributed by atoms with Crippen molar-refractivity contribution in [3.8, 4) is 11.5 Å². The normalized spacial score (nSPS) is 19.2. The van der Waals surface area contributed by atoms with Crippen molar-refractivity contribution in [1.82, 2.24) is 9.80 Å². The fourth-order valence-corrected chi connectivity index (χ4v) is 3.92. The summed E-state index contributed by atoms with van der Waals surface area (Å²) in [6.45, 7) is 8.29. The number of likely N-dealkylation sites (tertiary alicyclic amines) is 1. The Bertz CT molecular complexity index is 608. The molecule has 0 atom stereocenters. The smallest absolute Gasteiger partial charge is 0.222 e. The minimum Gasteiger partial charge on any atom is -0.504 e. The highest BCUT2D eigenvalue weighted by atomic mass is 16.5. The lowest BCUT2D eigenvalue weighted by Crippen LogP contribution is -2.41. The maximum absolute atomic E-state index is 12.3. The molecule has 1 aromatic rings. The van der Waals surface area contributed by atoms with Gasteiger partial charge in [0.1, 0.15) is 0 Å². The maximum atomic E-state index is 12.3. The molecule has 2 fully saturated rings. The van der Waals surface area contributed by atoms with Crippen LogP contribution in [-0.2, 0) is 16.1 Å². The molecule has 0 saturated carbocycles. The average molecular weight is 376 g/mol. The molecule has 3 rings (SSSR count). The fourth-order valence-electron chi connectivity index (χ4n) is 3.92. The van der Waals surface area contributed by atoms with E-state index >= 15 is 0 Å². The number of nitrogens with zero attached hydrogens (tertiary/aromatic N) is 2. The number of amides is 1. The number of ether oxygens (including phenoxy) is 2. The van der Waals surface area contributed by atoms with Crippen molar-refractivity contribution in [2.45, 2.75) is 39.2 Å². The van der Waals surface area contributed by atoms with Gasteiger partial charge in [-0.25, -0.2) is 0 Å². The Balaban J connectivity index is 1.40. The Morgan fingerprint density at radius 2 is 1.96 bits per heavy atom. The zero-order valence-electron chi connectivity index (χ0n) is 16.4. The van der Waals surface area contributed by atoms with Crippen molar-refractivity contribution >= 4 is 5.91 Å². The van der Waals surface area contributed by atoms with Gasteiger partial charge in [0.2, 0.25) is 5.91 Å². The summed E-state index contributed by atoms with van der Waals surface area (Å²) < 4.78 is 10.8. The summed E-state index contributed by atoms with van der Waals surface area (Å²) in [7, 11) is 0. The number of phenols is 1. The van der Waals surface area contributed by atoms with E-state index in [1.54, 1.807) is 6.07 Å². The molecule has 0 bridgehead atoms. The number of benzene rings is 1. The number of phenolic OH excluding ortho intramolecular Hbond substituents is 1. The van der Waals surface area contributed by atoms with Gasteiger partial charge in [0.15, 0.2) is 11.5 Å². The lowest BCUT2D eigenvalue weighted by Gasteiger charge is -2.32. The number of aromatic hydroxyl groups is 1. The Morgan fingerprint density at radius 3 is 2.67 bits per heavy atom. The van der Waals surface area contributed by atoms with Crippen molar-refractivity contribution in [1.29, 1.82) is 0 Å². The monoisotopic (exact) mass is 376 g/mol. The second kappa shape index (κ2) is 9.95. The molecule has 6 heteroatoms. The fraction of sp³-hybridized carbons (Fsp3) is 0.667. The Hall–Kier alpha value is -1.79. The molecule has 6 nitrogen and oxygen atoms in total. The van der Waals surface area contributed by atoms with Gasteiger partial charge in [0.05, 0.1) is 19.8 Å². The molecule has 0 spiro atoms. The average Bonchev–Trinajstić information content (AvgIpc) is 2.70. The topological polar surface area (TPSA) is 62.2 Å². The van der Waals surface area contributed by atoms with E-state index in [0.29, 0.717) is 37.9 Å². The lowest BCUT2D eigenvalue weighted by molar-refractivity contribution is -0.135. The summed E-state index contributed by atoms with van der Waals surface area (Å²) in [5, 5.41) is 9.83. The Labute approximate surface area is 162 Å². The van der Waals surface area contributed by atoms with E-state index in [1.165, 1.54) is 0 Å². The van der Waals surface area contributed by atoms with Gasteiger partial charge < -0.3 is 19.5 Å². The molecular weight excluding hydrogens is 344 g/mol.